The minimum Gasteiger partial charge on any atom is -0.508 e. The standard InChI is InChI=1S/C20H22OS/c1-14-12-16(21)10-11-19(14)22(2)13-20(22)18-9-5-7-15-6-3-4-8-17(15)18/h3-12,14,19-21H,13H2,1-2H3. The van der Waals surface area contributed by atoms with Gasteiger partial charge in [-0.25, -0.2) is 10.0 Å². The van der Waals surface area contributed by atoms with Crippen molar-refractivity contribution in [3.05, 3.63) is 72.0 Å². The third-order valence-electron chi connectivity index (χ3n) is 5.25. The van der Waals surface area contributed by atoms with E-state index >= 15 is 0 Å². The molecule has 0 saturated carbocycles. The first-order valence-electron chi connectivity index (χ1n) is 7.90. The molecule has 0 aromatic heterocycles. The molecule has 0 spiro atoms. The Morgan fingerprint density at radius 2 is 1.86 bits per heavy atom. The van der Waals surface area contributed by atoms with Crippen LogP contribution in [0.15, 0.2) is 66.5 Å². The van der Waals surface area contributed by atoms with Crippen molar-refractivity contribution in [1.82, 2.24) is 0 Å². The zero-order chi connectivity index (χ0) is 15.3. The van der Waals surface area contributed by atoms with Crippen molar-refractivity contribution >= 4 is 20.8 Å². The van der Waals surface area contributed by atoms with Crippen LogP contribution in [0.3, 0.4) is 0 Å². The topological polar surface area (TPSA) is 20.2 Å². The number of aliphatic hydroxyl groups is 1. The fraction of sp³-hybridized carbons (Fsp3) is 0.300. The van der Waals surface area contributed by atoms with Gasteiger partial charge in [-0.3, -0.25) is 0 Å². The Balaban J connectivity index is 1.70. The normalized spacial score (nSPS) is 36.6. The SMILES string of the molecule is CC1C=C(O)C=CC1S1(C)CC1c1cccc2ccccc12. The number of fused-ring (bicyclic) bond motifs is 1. The lowest BCUT2D eigenvalue weighted by molar-refractivity contribution is 0.420. The summed E-state index contributed by atoms with van der Waals surface area (Å²) in [7, 11) is -0.676. The molecule has 1 aliphatic heterocycles. The molecule has 2 heteroatoms. The molecule has 1 nitrogen and oxygen atoms in total. The monoisotopic (exact) mass is 310 g/mol. The minimum absolute atomic E-state index is 0.425. The highest BCUT2D eigenvalue weighted by atomic mass is 32.3. The van der Waals surface area contributed by atoms with Crippen molar-refractivity contribution in [1.29, 1.82) is 0 Å². The molecule has 114 valence electrons. The zero-order valence-corrected chi connectivity index (χ0v) is 13.9. The maximum absolute atomic E-state index is 9.69. The summed E-state index contributed by atoms with van der Waals surface area (Å²) in [6.07, 6.45) is 8.64. The molecule has 1 saturated heterocycles. The van der Waals surface area contributed by atoms with Crippen molar-refractivity contribution in [2.75, 3.05) is 12.0 Å². The molecule has 2 aliphatic rings. The minimum atomic E-state index is -0.676. The molecule has 2 aromatic carbocycles. The van der Waals surface area contributed by atoms with Crippen LogP contribution in [0.1, 0.15) is 17.7 Å². The van der Waals surface area contributed by atoms with Gasteiger partial charge in [0, 0.05) is 10.5 Å². The molecule has 4 rings (SSSR count). The number of allylic oxidation sites excluding steroid dienone is 2. The van der Waals surface area contributed by atoms with Gasteiger partial charge in [0.2, 0.25) is 0 Å². The van der Waals surface area contributed by atoms with Gasteiger partial charge in [0.1, 0.15) is 5.76 Å². The van der Waals surface area contributed by atoms with Crippen LogP contribution in [-0.4, -0.2) is 22.4 Å². The zero-order valence-electron chi connectivity index (χ0n) is 13.1. The van der Waals surface area contributed by atoms with Crippen LogP contribution < -0.4 is 0 Å². The van der Waals surface area contributed by atoms with Gasteiger partial charge in [0.05, 0.1) is 0 Å². The molecule has 4 atom stereocenters. The van der Waals surface area contributed by atoms with Crippen molar-refractivity contribution in [2.24, 2.45) is 5.92 Å². The van der Waals surface area contributed by atoms with Crippen LogP contribution in [-0.2, 0) is 0 Å². The van der Waals surface area contributed by atoms with Crippen LogP contribution in [0, 0.1) is 5.92 Å². The van der Waals surface area contributed by atoms with E-state index in [2.05, 4.69) is 61.7 Å². The Morgan fingerprint density at radius 1 is 1.09 bits per heavy atom. The summed E-state index contributed by atoms with van der Waals surface area (Å²) in [6, 6.07) is 15.4. The average Bonchev–Trinajstić information content (AvgIpc) is 3.19. The first-order valence-corrected chi connectivity index (χ1v) is 10.2. The summed E-state index contributed by atoms with van der Waals surface area (Å²) in [5, 5.41) is 13.7. The van der Waals surface area contributed by atoms with Crippen LogP contribution >= 0.6 is 10.0 Å². The predicted molar refractivity (Wildman–Crippen MR) is 97.9 cm³/mol. The summed E-state index contributed by atoms with van der Waals surface area (Å²) in [5.74, 6) is 2.17. The first-order chi connectivity index (χ1) is 10.6. The molecule has 1 N–H and O–H groups in total. The molecule has 22 heavy (non-hydrogen) atoms. The molecule has 1 fully saturated rings. The predicted octanol–water partition coefficient (Wildman–Crippen LogP) is 5.35. The Hall–Kier alpha value is -1.67. The largest absolute Gasteiger partial charge is 0.508 e. The molecular weight excluding hydrogens is 288 g/mol. The number of benzene rings is 2. The molecule has 2 aromatic rings. The third kappa shape index (κ3) is 2.09. The van der Waals surface area contributed by atoms with Crippen molar-refractivity contribution in [3.8, 4) is 0 Å². The molecule has 0 radical (unpaired) electrons. The van der Waals surface area contributed by atoms with Gasteiger partial charge in [0.25, 0.3) is 0 Å². The number of hydrogen-bond donors (Lipinski definition) is 1. The van der Waals surface area contributed by atoms with E-state index in [1.165, 1.54) is 22.1 Å². The lowest BCUT2D eigenvalue weighted by Gasteiger charge is -2.32. The van der Waals surface area contributed by atoms with E-state index in [1.54, 1.807) is 0 Å². The molecule has 4 unspecified atom stereocenters. The molecule has 0 bridgehead atoms. The van der Waals surface area contributed by atoms with Crippen molar-refractivity contribution < 1.29 is 5.11 Å². The van der Waals surface area contributed by atoms with Crippen molar-refractivity contribution in [3.63, 3.8) is 0 Å². The first kappa shape index (κ1) is 14.0. The van der Waals surface area contributed by atoms with E-state index in [0.29, 0.717) is 22.2 Å². The summed E-state index contributed by atoms with van der Waals surface area (Å²) in [6.45, 7) is 2.24. The average molecular weight is 310 g/mol. The molecule has 1 heterocycles. The van der Waals surface area contributed by atoms with Gasteiger partial charge < -0.3 is 5.11 Å². The van der Waals surface area contributed by atoms with Crippen molar-refractivity contribution in [2.45, 2.75) is 17.4 Å². The van der Waals surface area contributed by atoms with E-state index in [9.17, 15) is 5.11 Å². The highest BCUT2D eigenvalue weighted by Crippen LogP contribution is 2.79. The molecule has 1 aliphatic carbocycles. The van der Waals surface area contributed by atoms with E-state index in [4.69, 9.17) is 0 Å². The summed E-state index contributed by atoms with van der Waals surface area (Å²) in [5.41, 5.74) is 1.52. The van der Waals surface area contributed by atoms with Gasteiger partial charge in [0.15, 0.2) is 0 Å². The van der Waals surface area contributed by atoms with Gasteiger partial charge in [-0.15, -0.1) is 0 Å². The van der Waals surface area contributed by atoms with E-state index in [-0.39, 0.29) is 0 Å². The highest BCUT2D eigenvalue weighted by Gasteiger charge is 2.52. The summed E-state index contributed by atoms with van der Waals surface area (Å²) < 4.78 is 0. The van der Waals surface area contributed by atoms with E-state index in [1.807, 2.05) is 12.2 Å². The maximum atomic E-state index is 9.69. The Bertz CT molecular complexity index is 786. The second-order valence-electron chi connectivity index (χ2n) is 6.73. The second kappa shape index (κ2) is 4.92. The summed E-state index contributed by atoms with van der Waals surface area (Å²) >= 11 is 0. The lowest BCUT2D eigenvalue weighted by atomic mass is 10.0. The fourth-order valence-corrected chi connectivity index (χ4v) is 8.24. The van der Waals surface area contributed by atoms with Crippen LogP contribution in [0.25, 0.3) is 10.8 Å². The van der Waals surface area contributed by atoms with Gasteiger partial charge in [-0.2, -0.15) is 0 Å². The van der Waals surface area contributed by atoms with Crippen LogP contribution in [0.4, 0.5) is 0 Å². The number of aliphatic hydroxyl groups excluding tert-OH is 1. The quantitative estimate of drug-likeness (QED) is 0.742. The third-order valence-corrected chi connectivity index (χ3v) is 9.42. The van der Waals surface area contributed by atoms with Crippen LogP contribution in [0.2, 0.25) is 0 Å². The Kier molecular flexibility index (Phi) is 3.12. The Labute approximate surface area is 133 Å². The number of hydrogen-bond acceptors (Lipinski definition) is 1. The van der Waals surface area contributed by atoms with Crippen LogP contribution in [0.5, 0.6) is 0 Å². The number of rotatable bonds is 2. The van der Waals surface area contributed by atoms with E-state index < -0.39 is 10.0 Å². The summed E-state index contributed by atoms with van der Waals surface area (Å²) in [4.78, 5) is 0. The molecule has 0 amide bonds. The second-order valence-corrected chi connectivity index (χ2v) is 10.6. The maximum Gasteiger partial charge on any atom is 0.111 e. The van der Waals surface area contributed by atoms with Gasteiger partial charge >= 0.3 is 0 Å². The highest BCUT2D eigenvalue weighted by molar-refractivity contribution is 8.39. The van der Waals surface area contributed by atoms with E-state index in [0.717, 1.165) is 0 Å². The van der Waals surface area contributed by atoms with Gasteiger partial charge in [-0.1, -0.05) is 55.5 Å². The lowest BCUT2D eigenvalue weighted by Crippen LogP contribution is -2.18. The molecular formula is C20H22OS. The smallest absolute Gasteiger partial charge is 0.111 e. The van der Waals surface area contributed by atoms with Gasteiger partial charge in [-0.05, 0) is 46.4 Å². The fourth-order valence-electron chi connectivity index (χ4n) is 3.96. The Morgan fingerprint density at radius 3 is 2.68 bits per heavy atom.